The lowest BCUT2D eigenvalue weighted by Gasteiger charge is -2.25. The molecule has 0 aromatic heterocycles. The van der Waals surface area contributed by atoms with E-state index in [4.69, 9.17) is 14.5 Å². The molecule has 0 spiro atoms. The summed E-state index contributed by atoms with van der Waals surface area (Å²) in [6, 6.07) is 29.8. The number of benzene rings is 4. The first-order chi connectivity index (χ1) is 18.8. The number of nitrogens with zero attached hydrogens (tertiary/aromatic N) is 1. The Balaban J connectivity index is 1.91. The van der Waals surface area contributed by atoms with Crippen LogP contribution in [0.4, 0.5) is 0 Å². The molecule has 0 bridgehead atoms. The highest BCUT2D eigenvalue weighted by Crippen LogP contribution is 2.28. The molecule has 0 amide bonds. The lowest BCUT2D eigenvalue weighted by atomic mass is 9.98. The van der Waals surface area contributed by atoms with Gasteiger partial charge in [-0.3, -0.25) is 4.99 Å². The van der Waals surface area contributed by atoms with E-state index in [1.165, 1.54) is 26.4 Å². The van der Waals surface area contributed by atoms with Crippen molar-refractivity contribution in [2.24, 2.45) is 4.99 Å². The summed E-state index contributed by atoms with van der Waals surface area (Å²) in [6.07, 6.45) is 0. The largest absolute Gasteiger partial charge is 0.497 e. The molecule has 39 heavy (non-hydrogen) atoms. The number of sulfonamides is 1. The second-order valence-corrected chi connectivity index (χ2v) is 10.6. The predicted octanol–water partition coefficient (Wildman–Crippen LogP) is 5.10. The van der Waals surface area contributed by atoms with Gasteiger partial charge in [-0.25, -0.2) is 17.9 Å². The molecule has 0 fully saturated rings. The molecule has 1 N–H and O–H groups in total. The van der Waals surface area contributed by atoms with Crippen molar-refractivity contribution in [3.8, 4) is 5.75 Å². The number of aliphatic imine (C=N–C) groups is 1. The van der Waals surface area contributed by atoms with E-state index < -0.39 is 28.1 Å². The van der Waals surface area contributed by atoms with Crippen LogP contribution in [0.1, 0.15) is 28.3 Å². The molecule has 2 atom stereocenters. The van der Waals surface area contributed by atoms with Crippen molar-refractivity contribution < 1.29 is 22.7 Å². The number of hydrogen-bond donors (Lipinski definition) is 1. The number of aryl methyl sites for hydroxylation is 1. The third-order valence-electron chi connectivity index (χ3n) is 6.19. The van der Waals surface area contributed by atoms with E-state index in [-0.39, 0.29) is 4.90 Å². The second-order valence-electron chi connectivity index (χ2n) is 8.87. The molecule has 8 heteroatoms. The highest BCUT2D eigenvalue weighted by molar-refractivity contribution is 7.89. The summed E-state index contributed by atoms with van der Waals surface area (Å²) in [5.74, 6) is -0.190. The van der Waals surface area contributed by atoms with Gasteiger partial charge in [-0.2, -0.15) is 0 Å². The van der Waals surface area contributed by atoms with E-state index >= 15 is 0 Å². The van der Waals surface area contributed by atoms with Crippen molar-refractivity contribution >= 4 is 21.7 Å². The molecular formula is C31H30N2O5S. The number of carbonyl (C=O) groups is 1. The van der Waals surface area contributed by atoms with Crippen molar-refractivity contribution in [3.63, 3.8) is 0 Å². The molecule has 0 aliphatic heterocycles. The van der Waals surface area contributed by atoms with Gasteiger partial charge in [0.25, 0.3) is 0 Å². The van der Waals surface area contributed by atoms with Gasteiger partial charge in [-0.1, -0.05) is 90.5 Å². The molecule has 0 aliphatic carbocycles. The van der Waals surface area contributed by atoms with Crippen LogP contribution in [-0.2, 0) is 19.6 Å². The van der Waals surface area contributed by atoms with Crippen molar-refractivity contribution in [2.75, 3.05) is 14.2 Å². The molecule has 0 unspecified atom stereocenters. The van der Waals surface area contributed by atoms with E-state index in [1.54, 1.807) is 36.4 Å². The summed E-state index contributed by atoms with van der Waals surface area (Å²) < 4.78 is 40.4. The van der Waals surface area contributed by atoms with Gasteiger partial charge in [-0.05, 0) is 36.8 Å². The maximum absolute atomic E-state index is 13.6. The third kappa shape index (κ3) is 6.79. The predicted molar refractivity (Wildman–Crippen MR) is 152 cm³/mol. The van der Waals surface area contributed by atoms with Crippen LogP contribution < -0.4 is 9.46 Å². The Morgan fingerprint density at radius 1 is 0.795 bits per heavy atom. The average molecular weight is 543 g/mol. The summed E-state index contributed by atoms with van der Waals surface area (Å²) >= 11 is 0. The molecular weight excluding hydrogens is 512 g/mol. The smallest absolute Gasteiger partial charge is 0.332 e. The van der Waals surface area contributed by atoms with Gasteiger partial charge in [-0.15, -0.1) is 0 Å². The first-order valence-corrected chi connectivity index (χ1v) is 13.8. The number of methoxy groups -OCH3 is 2. The van der Waals surface area contributed by atoms with Crippen molar-refractivity contribution in [3.05, 3.63) is 131 Å². The Labute approximate surface area is 229 Å². The van der Waals surface area contributed by atoms with Gasteiger partial charge in [0, 0.05) is 11.1 Å². The number of rotatable bonds is 10. The zero-order chi connectivity index (χ0) is 27.8. The van der Waals surface area contributed by atoms with E-state index in [0.29, 0.717) is 17.0 Å². The lowest BCUT2D eigenvalue weighted by molar-refractivity contribution is -0.142. The zero-order valence-electron chi connectivity index (χ0n) is 21.9. The Hall–Kier alpha value is -4.27. The van der Waals surface area contributed by atoms with Gasteiger partial charge in [0.2, 0.25) is 10.0 Å². The summed E-state index contributed by atoms with van der Waals surface area (Å²) in [5.41, 5.74) is 3.47. The molecule has 0 saturated carbocycles. The molecule has 0 saturated heterocycles. The average Bonchev–Trinajstić information content (AvgIpc) is 2.97. The molecule has 0 heterocycles. The first kappa shape index (κ1) is 27.8. The van der Waals surface area contributed by atoms with Gasteiger partial charge in [0.1, 0.15) is 5.75 Å². The Morgan fingerprint density at radius 3 is 1.92 bits per heavy atom. The minimum Gasteiger partial charge on any atom is -0.497 e. The molecule has 200 valence electrons. The Kier molecular flexibility index (Phi) is 8.91. The molecule has 4 rings (SSSR count). The maximum atomic E-state index is 13.6. The van der Waals surface area contributed by atoms with Crippen LogP contribution in [0.3, 0.4) is 0 Å². The van der Waals surface area contributed by atoms with Crippen LogP contribution in [0, 0.1) is 6.92 Å². The monoisotopic (exact) mass is 542 g/mol. The Morgan fingerprint density at radius 2 is 1.38 bits per heavy atom. The number of nitrogens with one attached hydrogen (secondary N) is 1. The van der Waals surface area contributed by atoms with Crippen LogP contribution in [0.2, 0.25) is 0 Å². The number of ether oxygens (including phenoxy) is 2. The highest BCUT2D eigenvalue weighted by atomic mass is 32.2. The van der Waals surface area contributed by atoms with Crippen LogP contribution in [-0.4, -0.2) is 40.4 Å². The summed E-state index contributed by atoms with van der Waals surface area (Å²) in [5, 5.41) is 0. The van der Waals surface area contributed by atoms with E-state index in [2.05, 4.69) is 4.72 Å². The lowest BCUT2D eigenvalue weighted by Crippen LogP contribution is -2.40. The summed E-state index contributed by atoms with van der Waals surface area (Å²) in [7, 11) is -1.29. The standard InChI is InChI=1S/C31H30N2O5S/c1-22-17-19-27(20-18-22)39(35,36)33-29(25-15-10-16-26(21-25)37-2)30(31(34)38-3)32-28(23-11-6-4-7-12-23)24-13-8-5-9-14-24/h4-21,29-30,33H,1-3H3/t29-,30-/m0/s1. The number of hydrogen-bond acceptors (Lipinski definition) is 6. The van der Waals surface area contributed by atoms with Crippen LogP contribution in [0.25, 0.3) is 0 Å². The van der Waals surface area contributed by atoms with Gasteiger partial charge in [0.05, 0.1) is 30.9 Å². The topological polar surface area (TPSA) is 94.1 Å². The highest BCUT2D eigenvalue weighted by Gasteiger charge is 2.35. The van der Waals surface area contributed by atoms with Crippen molar-refractivity contribution in [2.45, 2.75) is 23.9 Å². The third-order valence-corrected chi connectivity index (χ3v) is 7.64. The number of esters is 1. The zero-order valence-corrected chi connectivity index (χ0v) is 22.8. The van der Waals surface area contributed by atoms with Gasteiger partial charge >= 0.3 is 5.97 Å². The Bertz CT molecular complexity index is 1500. The molecule has 0 aliphatic rings. The van der Waals surface area contributed by atoms with E-state index in [1.807, 2.05) is 67.6 Å². The van der Waals surface area contributed by atoms with Gasteiger partial charge in [0.15, 0.2) is 6.04 Å². The normalized spacial score (nSPS) is 12.7. The summed E-state index contributed by atoms with van der Waals surface area (Å²) in [4.78, 5) is 18.3. The molecule has 0 radical (unpaired) electrons. The second kappa shape index (κ2) is 12.5. The van der Waals surface area contributed by atoms with Crippen molar-refractivity contribution in [1.82, 2.24) is 4.72 Å². The van der Waals surface area contributed by atoms with Crippen LogP contribution >= 0.6 is 0 Å². The summed E-state index contributed by atoms with van der Waals surface area (Å²) in [6.45, 7) is 1.87. The minimum atomic E-state index is -4.06. The van der Waals surface area contributed by atoms with E-state index in [0.717, 1.165) is 16.7 Å². The fraction of sp³-hybridized carbons (Fsp3) is 0.161. The minimum absolute atomic E-state index is 0.0694. The van der Waals surface area contributed by atoms with Crippen molar-refractivity contribution in [1.29, 1.82) is 0 Å². The fourth-order valence-electron chi connectivity index (χ4n) is 4.13. The molecule has 4 aromatic rings. The fourth-order valence-corrected chi connectivity index (χ4v) is 5.36. The van der Waals surface area contributed by atoms with Crippen LogP contribution in [0.5, 0.6) is 5.75 Å². The molecule has 7 nitrogen and oxygen atoms in total. The number of carbonyl (C=O) groups excluding carboxylic acids is 1. The first-order valence-electron chi connectivity index (χ1n) is 12.3. The maximum Gasteiger partial charge on any atom is 0.332 e. The SMILES string of the molecule is COC(=O)[C@@H](N=C(c1ccccc1)c1ccccc1)[C@@H](NS(=O)(=O)c1ccc(C)cc1)c1cccc(OC)c1. The van der Waals surface area contributed by atoms with Crippen LogP contribution in [0.15, 0.2) is 119 Å². The van der Waals surface area contributed by atoms with E-state index in [9.17, 15) is 13.2 Å². The van der Waals surface area contributed by atoms with Gasteiger partial charge < -0.3 is 9.47 Å². The molecule has 4 aromatic carbocycles. The quantitative estimate of drug-likeness (QED) is 0.222.